The Hall–Kier alpha value is -1.43. The molecule has 1 aromatic rings. The zero-order valence-corrected chi connectivity index (χ0v) is 14.7. The lowest BCUT2D eigenvalue weighted by atomic mass is 9.85. The molecule has 0 radical (unpaired) electrons. The van der Waals surface area contributed by atoms with E-state index in [1.807, 2.05) is 25.5 Å². The van der Waals surface area contributed by atoms with Crippen molar-refractivity contribution < 1.29 is 9.90 Å². The van der Waals surface area contributed by atoms with E-state index in [0.717, 1.165) is 18.5 Å². The molecule has 6 heteroatoms. The highest BCUT2D eigenvalue weighted by Gasteiger charge is 2.24. The van der Waals surface area contributed by atoms with Gasteiger partial charge in [0.25, 0.3) is 0 Å². The van der Waals surface area contributed by atoms with Gasteiger partial charge in [0.2, 0.25) is 0 Å². The van der Waals surface area contributed by atoms with Crippen LogP contribution >= 0.6 is 0 Å². The molecule has 6 nitrogen and oxygen atoms in total. The minimum absolute atomic E-state index is 0.190. The number of aryl methyl sites for hydroxylation is 1. The van der Waals surface area contributed by atoms with Crippen LogP contribution in [-0.4, -0.2) is 37.7 Å². The molecule has 1 aromatic heterocycles. The SMILES string of the molecule is CCC(C)(C)Cc1cnnn1CCC(NC(C)(C)C)C(=O)O. The number of carboxylic acid groups (broad SMARTS) is 1. The van der Waals surface area contributed by atoms with Crippen LogP contribution in [0.15, 0.2) is 6.20 Å². The topological polar surface area (TPSA) is 80.0 Å². The number of rotatable bonds is 8. The quantitative estimate of drug-likeness (QED) is 0.771. The summed E-state index contributed by atoms with van der Waals surface area (Å²) in [6.07, 6.45) is 4.22. The first-order valence-corrected chi connectivity index (χ1v) is 7.92. The zero-order chi connectivity index (χ0) is 17.0. The van der Waals surface area contributed by atoms with Crippen molar-refractivity contribution in [2.75, 3.05) is 0 Å². The second-order valence-electron chi connectivity index (χ2n) is 7.72. The molecule has 0 fully saturated rings. The largest absolute Gasteiger partial charge is 0.480 e. The summed E-state index contributed by atoms with van der Waals surface area (Å²) in [4.78, 5) is 11.4. The van der Waals surface area contributed by atoms with Crippen molar-refractivity contribution in [3.63, 3.8) is 0 Å². The van der Waals surface area contributed by atoms with Crippen LogP contribution in [-0.2, 0) is 17.8 Å². The van der Waals surface area contributed by atoms with Gasteiger partial charge >= 0.3 is 5.97 Å². The van der Waals surface area contributed by atoms with Gasteiger partial charge < -0.3 is 5.11 Å². The van der Waals surface area contributed by atoms with Crippen LogP contribution in [0.2, 0.25) is 0 Å². The normalized spacial score (nSPS) is 14.1. The van der Waals surface area contributed by atoms with Gasteiger partial charge in [0.05, 0.1) is 11.9 Å². The maximum absolute atomic E-state index is 11.4. The molecular weight excluding hydrogens is 280 g/mol. The number of aliphatic carboxylic acids is 1. The van der Waals surface area contributed by atoms with Crippen molar-refractivity contribution in [1.82, 2.24) is 20.3 Å². The predicted molar refractivity (Wildman–Crippen MR) is 86.7 cm³/mol. The van der Waals surface area contributed by atoms with Gasteiger partial charge in [0.15, 0.2) is 0 Å². The molecule has 1 heterocycles. The first kappa shape index (κ1) is 18.6. The third-order valence-corrected chi connectivity index (χ3v) is 3.85. The Kier molecular flexibility index (Phi) is 6.11. The van der Waals surface area contributed by atoms with E-state index in [-0.39, 0.29) is 11.0 Å². The monoisotopic (exact) mass is 310 g/mol. The summed E-state index contributed by atoms with van der Waals surface area (Å²) >= 11 is 0. The summed E-state index contributed by atoms with van der Waals surface area (Å²) in [7, 11) is 0. The molecule has 0 aliphatic carbocycles. The van der Waals surface area contributed by atoms with Gasteiger partial charge in [-0.3, -0.25) is 10.1 Å². The smallest absolute Gasteiger partial charge is 0.320 e. The fraction of sp³-hybridized carbons (Fsp3) is 0.812. The van der Waals surface area contributed by atoms with E-state index < -0.39 is 12.0 Å². The molecule has 0 aromatic carbocycles. The number of hydrogen-bond acceptors (Lipinski definition) is 4. The maximum atomic E-state index is 11.4. The molecule has 0 aliphatic heterocycles. The third kappa shape index (κ3) is 6.13. The fourth-order valence-electron chi connectivity index (χ4n) is 2.25. The molecule has 0 saturated carbocycles. The Morgan fingerprint density at radius 2 is 2.00 bits per heavy atom. The summed E-state index contributed by atoms with van der Waals surface area (Å²) in [5.74, 6) is -0.828. The van der Waals surface area contributed by atoms with Gasteiger partial charge in [-0.15, -0.1) is 5.10 Å². The Morgan fingerprint density at radius 3 is 2.50 bits per heavy atom. The number of nitrogens with zero attached hydrogens (tertiary/aromatic N) is 3. The van der Waals surface area contributed by atoms with Crippen LogP contribution in [0.25, 0.3) is 0 Å². The summed E-state index contributed by atoms with van der Waals surface area (Å²) in [6, 6.07) is -0.587. The average molecular weight is 310 g/mol. The van der Waals surface area contributed by atoms with Crippen molar-refractivity contribution >= 4 is 5.97 Å². The molecule has 0 saturated heterocycles. The standard InChI is InChI=1S/C16H30N4O2/c1-7-16(5,6)10-12-11-17-19-20(12)9-8-13(14(21)22)18-15(2,3)4/h11,13,18H,7-10H2,1-6H3,(H,21,22). The predicted octanol–water partition coefficient (Wildman–Crippen LogP) is 2.49. The summed E-state index contributed by atoms with van der Waals surface area (Å²) in [6.45, 7) is 13.0. The lowest BCUT2D eigenvalue weighted by Gasteiger charge is -2.26. The fourth-order valence-corrected chi connectivity index (χ4v) is 2.25. The van der Waals surface area contributed by atoms with Gasteiger partial charge in [0, 0.05) is 12.1 Å². The van der Waals surface area contributed by atoms with E-state index in [1.165, 1.54) is 0 Å². The van der Waals surface area contributed by atoms with E-state index >= 15 is 0 Å². The summed E-state index contributed by atoms with van der Waals surface area (Å²) < 4.78 is 1.83. The van der Waals surface area contributed by atoms with Gasteiger partial charge in [-0.2, -0.15) is 0 Å². The van der Waals surface area contributed by atoms with Crippen molar-refractivity contribution in [1.29, 1.82) is 0 Å². The molecule has 22 heavy (non-hydrogen) atoms. The van der Waals surface area contributed by atoms with Crippen LogP contribution in [0.5, 0.6) is 0 Å². The Labute approximate surface area is 133 Å². The molecule has 1 atom stereocenters. The highest BCUT2D eigenvalue weighted by Crippen LogP contribution is 2.25. The Morgan fingerprint density at radius 1 is 1.36 bits per heavy atom. The average Bonchev–Trinajstić information content (AvgIpc) is 2.79. The van der Waals surface area contributed by atoms with Crippen molar-refractivity contribution in [3.05, 3.63) is 11.9 Å². The van der Waals surface area contributed by atoms with Gasteiger partial charge in [-0.05, 0) is 39.0 Å². The number of carbonyl (C=O) groups is 1. The van der Waals surface area contributed by atoms with Crippen LogP contribution < -0.4 is 5.32 Å². The first-order chi connectivity index (χ1) is 10.0. The number of hydrogen-bond donors (Lipinski definition) is 2. The first-order valence-electron chi connectivity index (χ1n) is 7.92. The van der Waals surface area contributed by atoms with Crippen molar-refractivity contribution in [2.24, 2.45) is 5.41 Å². The van der Waals surface area contributed by atoms with Crippen molar-refractivity contribution in [2.45, 2.75) is 78.9 Å². The summed E-state index contributed by atoms with van der Waals surface area (Å²) in [5, 5.41) is 20.6. The van der Waals surface area contributed by atoms with E-state index in [9.17, 15) is 9.90 Å². The second-order valence-corrected chi connectivity index (χ2v) is 7.72. The molecule has 0 spiro atoms. The molecule has 2 N–H and O–H groups in total. The third-order valence-electron chi connectivity index (χ3n) is 3.85. The van der Waals surface area contributed by atoms with E-state index in [4.69, 9.17) is 0 Å². The van der Waals surface area contributed by atoms with Gasteiger partial charge in [-0.25, -0.2) is 4.68 Å². The van der Waals surface area contributed by atoms with Crippen LogP contribution in [0, 0.1) is 5.41 Å². The highest BCUT2D eigenvalue weighted by atomic mass is 16.4. The highest BCUT2D eigenvalue weighted by molar-refractivity contribution is 5.73. The molecule has 1 unspecified atom stereocenters. The molecule has 0 bridgehead atoms. The number of aromatic nitrogens is 3. The minimum Gasteiger partial charge on any atom is -0.480 e. The number of nitrogens with one attached hydrogen (secondary N) is 1. The zero-order valence-electron chi connectivity index (χ0n) is 14.7. The number of carboxylic acids is 1. The molecular formula is C16H30N4O2. The van der Waals surface area contributed by atoms with E-state index in [2.05, 4.69) is 36.4 Å². The summed E-state index contributed by atoms with van der Waals surface area (Å²) in [5.41, 5.74) is 1.01. The molecule has 1 rings (SSSR count). The Bertz CT molecular complexity index is 489. The van der Waals surface area contributed by atoms with E-state index in [0.29, 0.717) is 13.0 Å². The second kappa shape index (κ2) is 7.22. The lowest BCUT2D eigenvalue weighted by Crippen LogP contribution is -2.48. The van der Waals surface area contributed by atoms with E-state index in [1.54, 1.807) is 6.20 Å². The maximum Gasteiger partial charge on any atom is 0.320 e. The molecule has 126 valence electrons. The minimum atomic E-state index is -0.828. The van der Waals surface area contributed by atoms with Gasteiger partial charge in [-0.1, -0.05) is 32.4 Å². The van der Waals surface area contributed by atoms with Crippen molar-refractivity contribution in [3.8, 4) is 0 Å². The van der Waals surface area contributed by atoms with Crippen LogP contribution in [0.3, 0.4) is 0 Å². The van der Waals surface area contributed by atoms with Crippen LogP contribution in [0.1, 0.15) is 60.1 Å². The van der Waals surface area contributed by atoms with Crippen LogP contribution in [0.4, 0.5) is 0 Å². The van der Waals surface area contributed by atoms with Gasteiger partial charge in [0.1, 0.15) is 6.04 Å². The Balaban J connectivity index is 2.71. The molecule has 0 amide bonds. The molecule has 0 aliphatic rings. The lowest BCUT2D eigenvalue weighted by molar-refractivity contribution is -0.140.